The second kappa shape index (κ2) is 5.72. The first-order chi connectivity index (χ1) is 10.1. The third-order valence-electron chi connectivity index (χ3n) is 4.14. The molecule has 3 rings (SSSR count). The zero-order chi connectivity index (χ0) is 14.8. The molecule has 21 heavy (non-hydrogen) atoms. The average molecular weight is 279 g/mol. The van der Waals surface area contributed by atoms with Crippen LogP contribution in [-0.2, 0) is 4.79 Å². The molecule has 1 saturated heterocycles. The van der Waals surface area contributed by atoms with Crippen LogP contribution in [0.3, 0.4) is 0 Å². The van der Waals surface area contributed by atoms with E-state index in [1.165, 1.54) is 16.7 Å². The van der Waals surface area contributed by atoms with Gasteiger partial charge in [-0.05, 0) is 41.2 Å². The number of anilines is 1. The molecule has 0 N–H and O–H groups in total. The average Bonchev–Trinajstić information content (AvgIpc) is 2.94. The summed E-state index contributed by atoms with van der Waals surface area (Å²) < 4.78 is 0. The van der Waals surface area contributed by atoms with Crippen LogP contribution in [0.1, 0.15) is 38.2 Å². The van der Waals surface area contributed by atoms with Crippen LogP contribution >= 0.6 is 0 Å². The van der Waals surface area contributed by atoms with Crippen molar-refractivity contribution in [2.45, 2.75) is 32.6 Å². The predicted octanol–water partition coefficient (Wildman–Crippen LogP) is 4.60. The Balaban J connectivity index is 1.87. The van der Waals surface area contributed by atoms with E-state index in [1.54, 1.807) is 0 Å². The maximum atomic E-state index is 11.8. The van der Waals surface area contributed by atoms with E-state index < -0.39 is 0 Å². The van der Waals surface area contributed by atoms with Crippen LogP contribution in [-0.4, -0.2) is 12.5 Å². The number of rotatable bonds is 3. The summed E-state index contributed by atoms with van der Waals surface area (Å²) in [5.41, 5.74) is 4.81. The van der Waals surface area contributed by atoms with Crippen LogP contribution in [0.2, 0.25) is 0 Å². The van der Waals surface area contributed by atoms with E-state index >= 15 is 0 Å². The molecule has 2 heteroatoms. The van der Waals surface area contributed by atoms with Crippen molar-refractivity contribution < 1.29 is 4.79 Å². The Kier molecular flexibility index (Phi) is 3.78. The molecule has 0 saturated carbocycles. The molecule has 1 heterocycles. The van der Waals surface area contributed by atoms with Crippen molar-refractivity contribution in [3.8, 4) is 11.1 Å². The van der Waals surface area contributed by atoms with Gasteiger partial charge in [-0.15, -0.1) is 0 Å². The molecule has 0 unspecified atom stereocenters. The van der Waals surface area contributed by atoms with E-state index in [0.717, 1.165) is 18.7 Å². The molecule has 0 aromatic heterocycles. The minimum atomic E-state index is 0.240. The molecule has 1 aliphatic rings. The Morgan fingerprint density at radius 1 is 1.00 bits per heavy atom. The lowest BCUT2D eigenvalue weighted by Gasteiger charge is -2.16. The van der Waals surface area contributed by atoms with Gasteiger partial charge in [0, 0.05) is 18.7 Å². The standard InChI is InChI=1S/C19H21NO/c1-14(2)16-5-3-6-17(13-16)15-8-10-18(11-9-15)20-12-4-7-19(20)21/h3,5-6,8-11,13-14H,4,7,12H2,1-2H3. The van der Waals surface area contributed by atoms with Gasteiger partial charge in [-0.25, -0.2) is 0 Å². The van der Waals surface area contributed by atoms with Gasteiger partial charge in [-0.1, -0.05) is 50.2 Å². The predicted molar refractivity (Wildman–Crippen MR) is 87.6 cm³/mol. The number of carbonyl (C=O) groups is 1. The van der Waals surface area contributed by atoms with E-state index in [2.05, 4.69) is 62.4 Å². The highest BCUT2D eigenvalue weighted by Gasteiger charge is 2.21. The van der Waals surface area contributed by atoms with E-state index in [0.29, 0.717) is 12.3 Å². The Morgan fingerprint density at radius 2 is 1.76 bits per heavy atom. The van der Waals surface area contributed by atoms with E-state index in [9.17, 15) is 4.79 Å². The van der Waals surface area contributed by atoms with Crippen LogP contribution in [0.4, 0.5) is 5.69 Å². The van der Waals surface area contributed by atoms with Crippen LogP contribution in [0, 0.1) is 0 Å². The summed E-state index contributed by atoms with van der Waals surface area (Å²) in [7, 11) is 0. The van der Waals surface area contributed by atoms with Crippen molar-refractivity contribution in [1.29, 1.82) is 0 Å². The maximum Gasteiger partial charge on any atom is 0.227 e. The van der Waals surface area contributed by atoms with Crippen molar-refractivity contribution >= 4 is 11.6 Å². The Labute approximate surface area is 126 Å². The van der Waals surface area contributed by atoms with E-state index in [4.69, 9.17) is 0 Å². The largest absolute Gasteiger partial charge is 0.312 e. The molecule has 0 bridgehead atoms. The third-order valence-corrected chi connectivity index (χ3v) is 4.14. The number of hydrogen-bond acceptors (Lipinski definition) is 1. The third kappa shape index (κ3) is 2.85. The summed E-state index contributed by atoms with van der Waals surface area (Å²) in [6.45, 7) is 5.27. The normalized spacial score (nSPS) is 15.0. The molecular formula is C19H21NO. The molecular weight excluding hydrogens is 258 g/mol. The van der Waals surface area contributed by atoms with Gasteiger partial charge in [0.1, 0.15) is 0 Å². The van der Waals surface area contributed by atoms with Crippen molar-refractivity contribution in [1.82, 2.24) is 0 Å². The second-order valence-electron chi connectivity index (χ2n) is 5.98. The molecule has 2 aromatic carbocycles. The van der Waals surface area contributed by atoms with Gasteiger partial charge in [-0.2, -0.15) is 0 Å². The van der Waals surface area contributed by atoms with Crippen LogP contribution in [0.5, 0.6) is 0 Å². The summed E-state index contributed by atoms with van der Waals surface area (Å²) in [5, 5.41) is 0. The monoisotopic (exact) mass is 279 g/mol. The highest BCUT2D eigenvalue weighted by Crippen LogP contribution is 2.27. The summed E-state index contributed by atoms with van der Waals surface area (Å²) in [4.78, 5) is 13.7. The number of benzene rings is 2. The van der Waals surface area contributed by atoms with Gasteiger partial charge in [0.15, 0.2) is 0 Å². The lowest BCUT2D eigenvalue weighted by Crippen LogP contribution is -2.23. The van der Waals surface area contributed by atoms with Crippen molar-refractivity contribution in [3.05, 3.63) is 54.1 Å². The number of carbonyl (C=O) groups excluding carboxylic acids is 1. The van der Waals surface area contributed by atoms with Gasteiger partial charge in [-0.3, -0.25) is 4.79 Å². The first-order valence-corrected chi connectivity index (χ1v) is 7.66. The molecule has 2 aromatic rings. The minimum Gasteiger partial charge on any atom is -0.312 e. The van der Waals surface area contributed by atoms with Crippen molar-refractivity contribution in [2.24, 2.45) is 0 Å². The molecule has 0 aliphatic carbocycles. The van der Waals surface area contributed by atoms with E-state index in [1.807, 2.05) is 4.90 Å². The van der Waals surface area contributed by atoms with Crippen molar-refractivity contribution in [3.63, 3.8) is 0 Å². The van der Waals surface area contributed by atoms with Crippen LogP contribution in [0.15, 0.2) is 48.5 Å². The Bertz CT molecular complexity index is 643. The number of hydrogen-bond donors (Lipinski definition) is 0. The molecule has 2 nitrogen and oxygen atoms in total. The molecule has 1 fully saturated rings. The fourth-order valence-corrected chi connectivity index (χ4v) is 2.83. The van der Waals surface area contributed by atoms with Crippen molar-refractivity contribution in [2.75, 3.05) is 11.4 Å². The summed E-state index contributed by atoms with van der Waals surface area (Å²) in [5.74, 6) is 0.774. The zero-order valence-corrected chi connectivity index (χ0v) is 12.7. The highest BCUT2D eigenvalue weighted by atomic mass is 16.2. The molecule has 108 valence electrons. The van der Waals surface area contributed by atoms with Gasteiger partial charge >= 0.3 is 0 Å². The van der Waals surface area contributed by atoms with Crippen LogP contribution < -0.4 is 4.90 Å². The first-order valence-electron chi connectivity index (χ1n) is 7.66. The zero-order valence-electron chi connectivity index (χ0n) is 12.7. The fourth-order valence-electron chi connectivity index (χ4n) is 2.83. The smallest absolute Gasteiger partial charge is 0.227 e. The molecule has 0 radical (unpaired) electrons. The SMILES string of the molecule is CC(C)c1cccc(-c2ccc(N3CCCC3=O)cc2)c1. The van der Waals surface area contributed by atoms with E-state index in [-0.39, 0.29) is 5.91 Å². The summed E-state index contributed by atoms with van der Waals surface area (Å²) in [6, 6.07) is 17.0. The minimum absolute atomic E-state index is 0.240. The molecule has 1 aliphatic heterocycles. The number of amides is 1. The quantitative estimate of drug-likeness (QED) is 0.803. The summed E-state index contributed by atoms with van der Waals surface area (Å²) in [6.07, 6.45) is 1.65. The highest BCUT2D eigenvalue weighted by molar-refractivity contribution is 5.95. The van der Waals surface area contributed by atoms with Crippen LogP contribution in [0.25, 0.3) is 11.1 Å². The Morgan fingerprint density at radius 3 is 2.38 bits per heavy atom. The lowest BCUT2D eigenvalue weighted by atomic mass is 9.97. The first kappa shape index (κ1) is 13.9. The van der Waals surface area contributed by atoms with Gasteiger partial charge in [0.05, 0.1) is 0 Å². The second-order valence-corrected chi connectivity index (χ2v) is 5.98. The topological polar surface area (TPSA) is 20.3 Å². The van der Waals surface area contributed by atoms with Gasteiger partial charge in [0.2, 0.25) is 5.91 Å². The fraction of sp³-hybridized carbons (Fsp3) is 0.316. The Hall–Kier alpha value is -2.09. The maximum absolute atomic E-state index is 11.8. The molecule has 1 amide bonds. The molecule has 0 atom stereocenters. The molecule has 0 spiro atoms. The van der Waals surface area contributed by atoms with Gasteiger partial charge in [0.25, 0.3) is 0 Å². The summed E-state index contributed by atoms with van der Waals surface area (Å²) >= 11 is 0. The van der Waals surface area contributed by atoms with Gasteiger partial charge < -0.3 is 4.90 Å². The lowest BCUT2D eigenvalue weighted by molar-refractivity contribution is -0.117. The number of nitrogens with zero attached hydrogens (tertiary/aromatic N) is 1.